The van der Waals surface area contributed by atoms with Crippen LogP contribution in [0.15, 0.2) is 9.27 Å². The summed E-state index contributed by atoms with van der Waals surface area (Å²) >= 11 is 3.25. The van der Waals surface area contributed by atoms with Gasteiger partial charge in [0.15, 0.2) is 0 Å². The van der Waals surface area contributed by atoms with Crippen LogP contribution in [0.2, 0.25) is 0 Å². The quantitative estimate of drug-likeness (QED) is 0.889. The number of morpholine rings is 1. The second-order valence-corrected chi connectivity index (χ2v) is 4.98. The Bertz CT molecular complexity index is 461. The molecule has 2 rings (SSSR count). The molecule has 1 atom stereocenters. The van der Waals surface area contributed by atoms with Crippen molar-refractivity contribution in [1.82, 2.24) is 14.9 Å². The van der Waals surface area contributed by atoms with Gasteiger partial charge in [-0.1, -0.05) is 6.92 Å². The Labute approximate surface area is 108 Å². The molecule has 1 aromatic rings. The smallest absolute Gasteiger partial charge is 0.265 e. The summed E-state index contributed by atoms with van der Waals surface area (Å²) in [4.78, 5) is 21.1. The number of hydrogen-bond acceptors (Lipinski definition) is 4. The predicted molar refractivity (Wildman–Crippen MR) is 68.1 cm³/mol. The number of hydrogen-bond donors (Lipinski definition) is 1. The summed E-state index contributed by atoms with van der Waals surface area (Å²) in [5, 5.41) is 0. The molecule has 17 heavy (non-hydrogen) atoms. The van der Waals surface area contributed by atoms with E-state index >= 15 is 0 Å². The molecule has 94 valence electrons. The highest BCUT2D eigenvalue weighted by molar-refractivity contribution is 9.10. The van der Waals surface area contributed by atoms with Crippen molar-refractivity contribution < 1.29 is 4.74 Å². The van der Waals surface area contributed by atoms with E-state index in [1.807, 2.05) is 14.0 Å². The van der Waals surface area contributed by atoms with E-state index in [1.54, 1.807) is 0 Å². The maximum absolute atomic E-state index is 11.7. The van der Waals surface area contributed by atoms with Crippen LogP contribution in [0.25, 0.3) is 0 Å². The Morgan fingerprint density at radius 1 is 1.65 bits per heavy atom. The molecular weight excluding hydrogens is 286 g/mol. The van der Waals surface area contributed by atoms with Crippen molar-refractivity contribution in [2.75, 3.05) is 26.7 Å². The highest BCUT2D eigenvalue weighted by atomic mass is 79.9. The van der Waals surface area contributed by atoms with Crippen LogP contribution in [0.4, 0.5) is 0 Å². The van der Waals surface area contributed by atoms with Crippen molar-refractivity contribution in [3.63, 3.8) is 0 Å². The van der Waals surface area contributed by atoms with E-state index in [2.05, 4.69) is 30.8 Å². The SMILES string of the molecule is CCc1nc(C2CN(C)CCO2)[nH]c(=O)c1Br. The number of halogens is 1. The molecule has 0 bridgehead atoms. The number of likely N-dealkylation sites (N-methyl/N-ethyl adjacent to an activating group) is 1. The molecule has 1 saturated heterocycles. The van der Waals surface area contributed by atoms with Crippen molar-refractivity contribution >= 4 is 15.9 Å². The molecule has 0 radical (unpaired) electrons. The minimum absolute atomic E-state index is 0.135. The Balaban J connectivity index is 2.32. The number of aromatic nitrogens is 2. The van der Waals surface area contributed by atoms with Crippen LogP contribution in [-0.4, -0.2) is 41.6 Å². The first kappa shape index (κ1) is 12.7. The zero-order chi connectivity index (χ0) is 12.4. The lowest BCUT2D eigenvalue weighted by molar-refractivity contribution is -0.0257. The molecule has 5 nitrogen and oxygen atoms in total. The van der Waals surface area contributed by atoms with Crippen molar-refractivity contribution in [3.8, 4) is 0 Å². The number of H-pyrrole nitrogens is 1. The summed E-state index contributed by atoms with van der Waals surface area (Å²) in [5.74, 6) is 0.626. The molecule has 0 saturated carbocycles. The minimum Gasteiger partial charge on any atom is -0.368 e. The molecule has 2 heterocycles. The lowest BCUT2D eigenvalue weighted by Crippen LogP contribution is -2.36. The van der Waals surface area contributed by atoms with E-state index in [9.17, 15) is 4.79 Å². The minimum atomic E-state index is -0.139. The standard InChI is InChI=1S/C11H16BrN3O2/c1-3-7-9(12)11(16)14-10(13-7)8-6-15(2)4-5-17-8/h8H,3-6H2,1-2H3,(H,13,14,16). The van der Waals surface area contributed by atoms with Crippen LogP contribution in [0.1, 0.15) is 24.5 Å². The topological polar surface area (TPSA) is 58.2 Å². The monoisotopic (exact) mass is 301 g/mol. The lowest BCUT2D eigenvalue weighted by Gasteiger charge is -2.29. The fourth-order valence-corrected chi connectivity index (χ4v) is 2.32. The molecule has 0 aromatic carbocycles. The normalized spacial score (nSPS) is 21.7. The van der Waals surface area contributed by atoms with Crippen molar-refractivity contribution in [2.24, 2.45) is 0 Å². The lowest BCUT2D eigenvalue weighted by atomic mass is 10.2. The summed E-state index contributed by atoms with van der Waals surface area (Å²) < 4.78 is 6.16. The number of nitrogens with zero attached hydrogens (tertiary/aromatic N) is 2. The van der Waals surface area contributed by atoms with Gasteiger partial charge >= 0.3 is 0 Å². The van der Waals surface area contributed by atoms with Gasteiger partial charge in [0.2, 0.25) is 0 Å². The average molecular weight is 302 g/mol. The van der Waals surface area contributed by atoms with E-state index in [0.717, 1.165) is 25.2 Å². The molecule has 1 fully saturated rings. The third kappa shape index (κ3) is 2.75. The first-order chi connectivity index (χ1) is 8.11. The van der Waals surface area contributed by atoms with Crippen LogP contribution in [0.3, 0.4) is 0 Å². The van der Waals surface area contributed by atoms with Crippen LogP contribution in [0, 0.1) is 0 Å². The van der Waals surface area contributed by atoms with Gasteiger partial charge in [-0.2, -0.15) is 0 Å². The number of aryl methyl sites for hydroxylation is 1. The fraction of sp³-hybridized carbons (Fsp3) is 0.636. The first-order valence-electron chi connectivity index (χ1n) is 5.70. The molecule has 1 aliphatic rings. The Kier molecular flexibility index (Phi) is 3.96. The summed E-state index contributed by atoms with van der Waals surface area (Å²) in [7, 11) is 2.03. The third-order valence-electron chi connectivity index (χ3n) is 2.86. The van der Waals surface area contributed by atoms with Crippen LogP contribution >= 0.6 is 15.9 Å². The molecular formula is C11H16BrN3O2. The summed E-state index contributed by atoms with van der Waals surface area (Å²) in [6.45, 7) is 4.32. The maximum atomic E-state index is 11.7. The highest BCUT2D eigenvalue weighted by Gasteiger charge is 2.22. The molecule has 0 aliphatic carbocycles. The first-order valence-corrected chi connectivity index (χ1v) is 6.49. The van der Waals surface area contributed by atoms with Gasteiger partial charge in [-0.25, -0.2) is 4.98 Å². The number of nitrogens with one attached hydrogen (secondary N) is 1. The van der Waals surface area contributed by atoms with E-state index < -0.39 is 0 Å². The molecule has 0 amide bonds. The maximum Gasteiger partial charge on any atom is 0.265 e. The van der Waals surface area contributed by atoms with Gasteiger partial charge in [-0.3, -0.25) is 4.79 Å². The summed E-state index contributed by atoms with van der Waals surface area (Å²) in [5.41, 5.74) is 0.643. The van der Waals surface area contributed by atoms with E-state index in [4.69, 9.17) is 4.74 Å². The van der Waals surface area contributed by atoms with Gasteiger partial charge in [0.25, 0.3) is 5.56 Å². The molecule has 1 N–H and O–H groups in total. The van der Waals surface area contributed by atoms with Gasteiger partial charge in [-0.05, 0) is 29.4 Å². The van der Waals surface area contributed by atoms with E-state index in [-0.39, 0.29) is 11.7 Å². The van der Waals surface area contributed by atoms with Gasteiger partial charge in [0, 0.05) is 13.1 Å². The van der Waals surface area contributed by atoms with Gasteiger partial charge < -0.3 is 14.6 Å². The van der Waals surface area contributed by atoms with E-state index in [1.165, 1.54) is 0 Å². The Hall–Kier alpha value is -0.720. The third-order valence-corrected chi connectivity index (χ3v) is 3.68. The van der Waals surface area contributed by atoms with Crippen LogP contribution in [-0.2, 0) is 11.2 Å². The van der Waals surface area contributed by atoms with Crippen molar-refractivity contribution in [1.29, 1.82) is 0 Å². The Morgan fingerprint density at radius 2 is 2.41 bits per heavy atom. The van der Waals surface area contributed by atoms with Gasteiger partial charge in [-0.15, -0.1) is 0 Å². The van der Waals surface area contributed by atoms with Crippen molar-refractivity contribution in [3.05, 3.63) is 26.3 Å². The summed E-state index contributed by atoms with van der Waals surface area (Å²) in [6, 6.07) is 0. The largest absolute Gasteiger partial charge is 0.368 e. The van der Waals surface area contributed by atoms with Crippen LogP contribution in [0.5, 0.6) is 0 Å². The molecule has 6 heteroatoms. The van der Waals surface area contributed by atoms with Gasteiger partial charge in [0.05, 0.1) is 12.3 Å². The van der Waals surface area contributed by atoms with Crippen LogP contribution < -0.4 is 5.56 Å². The molecule has 1 aromatic heterocycles. The van der Waals surface area contributed by atoms with Gasteiger partial charge in [0.1, 0.15) is 16.4 Å². The zero-order valence-corrected chi connectivity index (χ0v) is 11.6. The number of aromatic amines is 1. The highest BCUT2D eigenvalue weighted by Crippen LogP contribution is 2.19. The summed E-state index contributed by atoms with van der Waals surface area (Å²) in [6.07, 6.45) is 0.583. The fourth-order valence-electron chi connectivity index (χ4n) is 1.85. The molecule has 1 unspecified atom stereocenters. The van der Waals surface area contributed by atoms with E-state index in [0.29, 0.717) is 16.9 Å². The predicted octanol–water partition coefficient (Wildman–Crippen LogP) is 1.10. The Morgan fingerprint density at radius 3 is 3.06 bits per heavy atom. The average Bonchev–Trinajstić information content (AvgIpc) is 2.32. The number of rotatable bonds is 2. The van der Waals surface area contributed by atoms with Crippen molar-refractivity contribution in [2.45, 2.75) is 19.4 Å². The zero-order valence-electron chi connectivity index (χ0n) is 9.99. The molecule has 1 aliphatic heterocycles. The molecule has 0 spiro atoms. The number of ether oxygens (including phenoxy) is 1. The second-order valence-electron chi connectivity index (χ2n) is 4.19. The second kappa shape index (κ2) is 5.29.